The fourth-order valence-electron chi connectivity index (χ4n) is 3.29. The molecule has 0 aliphatic heterocycles. The first-order chi connectivity index (χ1) is 15.2. The van der Waals surface area contributed by atoms with Crippen LogP contribution in [0.25, 0.3) is 0 Å². The minimum atomic E-state index is -1.17. The summed E-state index contributed by atoms with van der Waals surface area (Å²) < 4.78 is 0. The van der Waals surface area contributed by atoms with E-state index in [2.05, 4.69) is 10.6 Å². The molecule has 0 aliphatic rings. The van der Waals surface area contributed by atoms with Crippen LogP contribution in [0.15, 0.2) is 54.6 Å². The van der Waals surface area contributed by atoms with Crippen LogP contribution in [0.2, 0.25) is 0 Å². The third-order valence-corrected chi connectivity index (χ3v) is 4.97. The number of carbonyl (C=O) groups is 3. The summed E-state index contributed by atoms with van der Waals surface area (Å²) in [5.41, 5.74) is 7.41. The van der Waals surface area contributed by atoms with Gasteiger partial charge in [-0.3, -0.25) is 9.59 Å². The fourth-order valence-corrected chi connectivity index (χ4v) is 3.29. The average Bonchev–Trinajstić information content (AvgIpc) is 2.74. The number of aromatic hydroxyl groups is 1. The van der Waals surface area contributed by atoms with E-state index in [1.807, 2.05) is 19.9 Å². The first-order valence-corrected chi connectivity index (χ1v) is 10.6. The van der Waals surface area contributed by atoms with Crippen LogP contribution in [0.1, 0.15) is 31.4 Å². The molecule has 8 heteroatoms. The number of rotatable bonds is 11. The number of benzene rings is 2. The zero-order valence-electron chi connectivity index (χ0n) is 18.3. The number of hydrogen-bond acceptors (Lipinski definition) is 5. The molecule has 3 atom stereocenters. The van der Waals surface area contributed by atoms with Gasteiger partial charge in [0, 0.05) is 12.8 Å². The predicted octanol–water partition coefficient (Wildman–Crippen LogP) is 1.61. The molecule has 0 heterocycles. The average molecular weight is 442 g/mol. The van der Waals surface area contributed by atoms with Crippen LogP contribution in [0.3, 0.4) is 0 Å². The van der Waals surface area contributed by atoms with E-state index in [1.165, 1.54) is 12.1 Å². The number of carboxylic acid groups (broad SMARTS) is 1. The zero-order valence-corrected chi connectivity index (χ0v) is 18.3. The number of amides is 2. The number of nitrogens with two attached hydrogens (primary N) is 1. The van der Waals surface area contributed by atoms with Crippen LogP contribution in [-0.4, -0.2) is 46.1 Å². The number of phenols is 1. The quantitative estimate of drug-likeness (QED) is 0.359. The Morgan fingerprint density at radius 1 is 0.844 bits per heavy atom. The van der Waals surface area contributed by atoms with Crippen molar-refractivity contribution in [1.82, 2.24) is 10.6 Å². The van der Waals surface area contributed by atoms with E-state index in [9.17, 15) is 24.6 Å². The minimum absolute atomic E-state index is 0.0755. The monoisotopic (exact) mass is 441 g/mol. The van der Waals surface area contributed by atoms with E-state index in [-0.39, 0.29) is 24.5 Å². The van der Waals surface area contributed by atoms with E-state index in [0.717, 1.165) is 5.56 Å². The topological polar surface area (TPSA) is 142 Å². The number of hydrogen-bond donors (Lipinski definition) is 5. The Balaban J connectivity index is 2.17. The third kappa shape index (κ3) is 8.03. The molecule has 0 radical (unpaired) electrons. The summed E-state index contributed by atoms with van der Waals surface area (Å²) in [5.74, 6) is -2.00. The predicted molar refractivity (Wildman–Crippen MR) is 121 cm³/mol. The SMILES string of the molecule is CC(C)C[C@H](N)C(=O)N[C@@H](Cc1ccc(O)cc1)C(=O)N[C@@H](Cc1ccccc1)C(=O)O. The lowest BCUT2D eigenvalue weighted by atomic mass is 10.0. The van der Waals surface area contributed by atoms with Gasteiger partial charge >= 0.3 is 5.97 Å². The summed E-state index contributed by atoms with van der Waals surface area (Å²) in [5, 5.41) is 24.3. The second kappa shape index (κ2) is 11.9. The van der Waals surface area contributed by atoms with Gasteiger partial charge in [-0.25, -0.2) is 4.79 Å². The van der Waals surface area contributed by atoms with Crippen LogP contribution in [0.4, 0.5) is 0 Å². The standard InChI is InChI=1S/C24H31N3O5/c1-15(2)12-19(25)22(29)26-20(13-17-8-10-18(28)11-9-17)23(30)27-21(24(31)32)14-16-6-4-3-5-7-16/h3-11,15,19-21,28H,12-14,25H2,1-2H3,(H,26,29)(H,27,30)(H,31,32)/t19-,20-,21-/m0/s1. The first kappa shape index (κ1) is 24.9. The van der Waals surface area contributed by atoms with Gasteiger partial charge in [-0.15, -0.1) is 0 Å². The van der Waals surface area contributed by atoms with Crippen LogP contribution < -0.4 is 16.4 Å². The maximum absolute atomic E-state index is 13.0. The second-order valence-electron chi connectivity index (χ2n) is 8.26. The molecule has 6 N–H and O–H groups in total. The molecule has 0 saturated carbocycles. The van der Waals surface area contributed by atoms with Gasteiger partial charge < -0.3 is 26.6 Å². The van der Waals surface area contributed by atoms with Gasteiger partial charge in [0.05, 0.1) is 6.04 Å². The molecule has 2 aromatic carbocycles. The lowest BCUT2D eigenvalue weighted by Crippen LogP contribution is -2.55. The molecule has 0 unspecified atom stereocenters. The number of nitrogens with one attached hydrogen (secondary N) is 2. The highest BCUT2D eigenvalue weighted by Gasteiger charge is 2.28. The highest BCUT2D eigenvalue weighted by molar-refractivity contribution is 5.92. The van der Waals surface area contributed by atoms with Crippen molar-refractivity contribution in [2.24, 2.45) is 11.7 Å². The highest BCUT2D eigenvalue weighted by atomic mass is 16.4. The minimum Gasteiger partial charge on any atom is -0.508 e. The van der Waals surface area contributed by atoms with Crippen LogP contribution in [0.5, 0.6) is 5.75 Å². The Hall–Kier alpha value is -3.39. The maximum atomic E-state index is 13.0. The largest absolute Gasteiger partial charge is 0.508 e. The molecule has 8 nitrogen and oxygen atoms in total. The normalized spacial score (nSPS) is 13.8. The van der Waals surface area contributed by atoms with Crippen molar-refractivity contribution < 1.29 is 24.6 Å². The van der Waals surface area contributed by atoms with E-state index in [1.54, 1.807) is 36.4 Å². The van der Waals surface area contributed by atoms with Crippen LogP contribution in [-0.2, 0) is 27.2 Å². The van der Waals surface area contributed by atoms with Crippen LogP contribution in [0, 0.1) is 5.92 Å². The lowest BCUT2D eigenvalue weighted by molar-refractivity contribution is -0.142. The van der Waals surface area contributed by atoms with Crippen molar-refractivity contribution in [2.75, 3.05) is 0 Å². The van der Waals surface area contributed by atoms with Crippen molar-refractivity contribution in [3.8, 4) is 5.75 Å². The van der Waals surface area contributed by atoms with Gasteiger partial charge in [0.25, 0.3) is 0 Å². The fraction of sp³-hybridized carbons (Fsp3) is 0.375. The third-order valence-electron chi connectivity index (χ3n) is 4.97. The lowest BCUT2D eigenvalue weighted by Gasteiger charge is -2.23. The molecule has 0 aliphatic carbocycles. The van der Waals surface area contributed by atoms with Gasteiger partial charge in [0.1, 0.15) is 17.8 Å². The van der Waals surface area contributed by atoms with Gasteiger partial charge in [0.15, 0.2) is 0 Å². The number of aliphatic carboxylic acids is 1. The Kier molecular flexibility index (Phi) is 9.22. The first-order valence-electron chi connectivity index (χ1n) is 10.6. The molecule has 172 valence electrons. The van der Waals surface area contributed by atoms with Crippen molar-refractivity contribution in [1.29, 1.82) is 0 Å². The molecule has 0 bridgehead atoms. The van der Waals surface area contributed by atoms with Gasteiger partial charge in [-0.2, -0.15) is 0 Å². The van der Waals surface area contributed by atoms with Crippen molar-refractivity contribution in [3.63, 3.8) is 0 Å². The molecule has 0 aromatic heterocycles. The molecule has 2 amide bonds. The van der Waals surface area contributed by atoms with E-state index in [0.29, 0.717) is 12.0 Å². The number of phenolic OH excluding ortho intramolecular Hbond substituents is 1. The zero-order chi connectivity index (χ0) is 23.7. The summed E-state index contributed by atoms with van der Waals surface area (Å²) in [6.07, 6.45) is 0.670. The molecular weight excluding hydrogens is 410 g/mol. The van der Waals surface area contributed by atoms with Gasteiger partial charge in [-0.1, -0.05) is 56.3 Å². The van der Waals surface area contributed by atoms with E-state index in [4.69, 9.17) is 5.73 Å². The molecule has 2 rings (SSSR count). The van der Waals surface area contributed by atoms with Crippen molar-refractivity contribution in [2.45, 2.75) is 51.2 Å². The van der Waals surface area contributed by atoms with Gasteiger partial charge in [-0.05, 0) is 35.6 Å². The van der Waals surface area contributed by atoms with E-state index < -0.39 is 35.9 Å². The Morgan fingerprint density at radius 2 is 1.38 bits per heavy atom. The summed E-state index contributed by atoms with van der Waals surface area (Å²) >= 11 is 0. The summed E-state index contributed by atoms with van der Waals surface area (Å²) in [4.78, 5) is 37.4. The molecule has 0 spiro atoms. The Bertz CT molecular complexity index is 900. The molecule has 0 fully saturated rings. The summed E-state index contributed by atoms with van der Waals surface area (Å²) in [6, 6.07) is 12.2. The van der Waals surface area contributed by atoms with E-state index >= 15 is 0 Å². The summed E-state index contributed by atoms with van der Waals surface area (Å²) in [7, 11) is 0. The molecule has 32 heavy (non-hydrogen) atoms. The molecule has 0 saturated heterocycles. The van der Waals surface area contributed by atoms with Crippen LogP contribution >= 0.6 is 0 Å². The smallest absolute Gasteiger partial charge is 0.326 e. The molecular formula is C24H31N3O5. The Morgan fingerprint density at radius 3 is 1.94 bits per heavy atom. The second-order valence-corrected chi connectivity index (χ2v) is 8.26. The highest BCUT2D eigenvalue weighted by Crippen LogP contribution is 2.12. The van der Waals surface area contributed by atoms with Crippen molar-refractivity contribution in [3.05, 3.63) is 65.7 Å². The van der Waals surface area contributed by atoms with Gasteiger partial charge in [0.2, 0.25) is 11.8 Å². The Labute approximate surface area is 187 Å². The summed E-state index contributed by atoms with van der Waals surface area (Å²) in [6.45, 7) is 3.88. The number of carbonyl (C=O) groups excluding carboxylic acids is 2. The maximum Gasteiger partial charge on any atom is 0.326 e. The van der Waals surface area contributed by atoms with Crippen molar-refractivity contribution >= 4 is 17.8 Å². The molecule has 2 aromatic rings. The number of carboxylic acids is 1.